The van der Waals surface area contributed by atoms with Crippen molar-refractivity contribution >= 4 is 23.6 Å². The molecule has 11 heteroatoms. The first kappa shape index (κ1) is 28.5. The third-order valence-corrected chi connectivity index (χ3v) is 6.03. The van der Waals surface area contributed by atoms with Crippen LogP contribution in [-0.2, 0) is 36.8 Å². The number of aromatic hydroxyl groups is 2. The van der Waals surface area contributed by atoms with E-state index in [1.165, 1.54) is 12.1 Å². The van der Waals surface area contributed by atoms with E-state index in [0.29, 0.717) is 24.9 Å². The number of amides is 4. The van der Waals surface area contributed by atoms with Gasteiger partial charge in [-0.05, 0) is 54.2 Å². The van der Waals surface area contributed by atoms with E-state index in [4.69, 9.17) is 10.5 Å². The maximum absolute atomic E-state index is 13.0. The number of ether oxygens (including phenoxy) is 1. The molecule has 0 spiro atoms. The minimum atomic E-state index is -1.03. The van der Waals surface area contributed by atoms with Crippen LogP contribution in [0.2, 0.25) is 0 Å². The lowest BCUT2D eigenvalue weighted by atomic mass is 10.0. The Morgan fingerprint density at radius 3 is 1.95 bits per heavy atom. The summed E-state index contributed by atoms with van der Waals surface area (Å²) in [5.41, 5.74) is 7.10. The van der Waals surface area contributed by atoms with Crippen LogP contribution in [0, 0.1) is 5.92 Å². The van der Waals surface area contributed by atoms with Gasteiger partial charge in [-0.25, -0.2) is 0 Å². The van der Waals surface area contributed by atoms with Gasteiger partial charge in [0.05, 0.1) is 0 Å². The Morgan fingerprint density at radius 1 is 0.842 bits per heavy atom. The second kappa shape index (κ2) is 12.9. The molecule has 0 bridgehead atoms. The fourth-order valence-electron chi connectivity index (χ4n) is 3.92. The molecule has 11 nitrogen and oxygen atoms in total. The third-order valence-electron chi connectivity index (χ3n) is 6.03. The number of carbonyl (C=O) groups excluding carboxylic acids is 4. The zero-order chi connectivity index (χ0) is 27.8. The summed E-state index contributed by atoms with van der Waals surface area (Å²) in [6.45, 7) is 4.09. The molecule has 38 heavy (non-hydrogen) atoms. The quantitative estimate of drug-likeness (QED) is 0.202. The van der Waals surface area contributed by atoms with Crippen molar-refractivity contribution in [1.29, 1.82) is 0 Å². The van der Waals surface area contributed by atoms with Gasteiger partial charge in [0.1, 0.15) is 23.6 Å². The molecule has 2 aromatic rings. The molecular weight excluding hydrogens is 492 g/mol. The van der Waals surface area contributed by atoms with Gasteiger partial charge >= 0.3 is 0 Å². The van der Waals surface area contributed by atoms with Crippen molar-refractivity contribution in [2.45, 2.75) is 57.4 Å². The van der Waals surface area contributed by atoms with Crippen LogP contribution in [0.25, 0.3) is 0 Å². The number of nitrogens with two attached hydrogens (primary N) is 1. The first-order valence-electron chi connectivity index (χ1n) is 12.4. The summed E-state index contributed by atoms with van der Waals surface area (Å²) in [5, 5.41) is 26.7. The lowest BCUT2D eigenvalue weighted by molar-refractivity contribution is -0.132. The summed E-state index contributed by atoms with van der Waals surface area (Å²) in [6.07, 6.45) is -1.03. The van der Waals surface area contributed by atoms with Gasteiger partial charge in [0, 0.05) is 13.0 Å². The molecule has 0 aromatic heterocycles. The Labute approximate surface area is 220 Å². The van der Waals surface area contributed by atoms with E-state index < -0.39 is 47.9 Å². The highest BCUT2D eigenvalue weighted by Crippen LogP contribution is 2.23. The molecule has 1 saturated heterocycles. The average Bonchev–Trinajstić information content (AvgIpc) is 3.66. The van der Waals surface area contributed by atoms with Gasteiger partial charge in [0.15, 0.2) is 12.2 Å². The molecule has 0 saturated carbocycles. The van der Waals surface area contributed by atoms with Crippen molar-refractivity contribution in [3.05, 3.63) is 59.7 Å². The molecule has 2 aromatic carbocycles. The average molecular weight is 527 g/mol. The van der Waals surface area contributed by atoms with Crippen molar-refractivity contribution in [3.8, 4) is 11.5 Å². The van der Waals surface area contributed by atoms with Crippen molar-refractivity contribution < 1.29 is 34.1 Å². The highest BCUT2D eigenvalue weighted by atomic mass is 16.6. The van der Waals surface area contributed by atoms with E-state index in [2.05, 4.69) is 16.0 Å². The minimum absolute atomic E-state index is 0.0364. The minimum Gasteiger partial charge on any atom is -0.508 e. The number of benzene rings is 2. The van der Waals surface area contributed by atoms with E-state index in [0.717, 1.165) is 5.56 Å². The fraction of sp³-hybridized carbons (Fsp3) is 0.407. The highest BCUT2D eigenvalue weighted by molar-refractivity contribution is 5.97. The third kappa shape index (κ3) is 8.48. The van der Waals surface area contributed by atoms with E-state index in [-0.39, 0.29) is 23.8 Å². The zero-order valence-electron chi connectivity index (χ0n) is 21.3. The van der Waals surface area contributed by atoms with Gasteiger partial charge in [-0.3, -0.25) is 19.2 Å². The number of carbonyl (C=O) groups is 4. The Kier molecular flexibility index (Phi) is 9.66. The SMILES string of the molecule is CC(C)C[C@H](NC(=O)C1O[C@@H]1C(=O)NCCc1ccc(O)cc1)C(=O)N[C@@H](Cc1ccc(O)cc1)C(N)=O. The number of phenols is 2. The topological polar surface area (TPSA) is 183 Å². The van der Waals surface area contributed by atoms with Crippen LogP contribution < -0.4 is 21.7 Å². The van der Waals surface area contributed by atoms with Gasteiger partial charge < -0.3 is 36.6 Å². The number of epoxide rings is 1. The largest absolute Gasteiger partial charge is 0.508 e. The molecule has 4 atom stereocenters. The fourth-order valence-corrected chi connectivity index (χ4v) is 3.92. The molecule has 7 N–H and O–H groups in total. The van der Waals surface area contributed by atoms with Crippen molar-refractivity contribution in [2.24, 2.45) is 11.7 Å². The number of hydrogen-bond donors (Lipinski definition) is 6. The molecular formula is C27H34N4O7. The number of phenolic OH excluding ortho intramolecular Hbond substituents is 2. The maximum Gasteiger partial charge on any atom is 0.253 e. The normalized spacial score (nSPS) is 17.8. The summed E-state index contributed by atoms with van der Waals surface area (Å²) in [6, 6.07) is 10.8. The molecule has 4 amide bonds. The lowest BCUT2D eigenvalue weighted by Crippen LogP contribution is -2.54. The summed E-state index contributed by atoms with van der Waals surface area (Å²) >= 11 is 0. The molecule has 1 heterocycles. The second-order valence-electron chi connectivity index (χ2n) is 9.71. The molecule has 1 aliphatic rings. The van der Waals surface area contributed by atoms with Gasteiger partial charge in [0.25, 0.3) is 11.8 Å². The predicted octanol–water partition coefficient (Wildman–Crippen LogP) is 0.268. The standard InChI is InChI=1S/C27H34N4O7/c1-15(2)13-21(25(35)30-20(24(28)34)14-17-5-9-19(33)10-6-17)31-27(37)23-22(38-23)26(36)29-12-11-16-3-7-18(32)8-4-16/h3-10,15,20-23,32-33H,11-14H2,1-2H3,(H2,28,34)(H,29,36)(H,30,35)(H,31,37)/t20-,21-,22-,23?/m0/s1. The summed E-state index contributed by atoms with van der Waals surface area (Å²) in [4.78, 5) is 50.1. The van der Waals surface area contributed by atoms with Crippen LogP contribution in [0.5, 0.6) is 11.5 Å². The van der Waals surface area contributed by atoms with Crippen LogP contribution in [-0.4, -0.2) is 64.7 Å². The number of rotatable bonds is 13. The predicted molar refractivity (Wildman–Crippen MR) is 138 cm³/mol. The van der Waals surface area contributed by atoms with E-state index in [1.54, 1.807) is 36.4 Å². The Morgan fingerprint density at radius 2 is 1.39 bits per heavy atom. The molecule has 204 valence electrons. The highest BCUT2D eigenvalue weighted by Gasteiger charge is 2.50. The summed E-state index contributed by atoms with van der Waals surface area (Å²) < 4.78 is 5.27. The van der Waals surface area contributed by atoms with Crippen LogP contribution in [0.4, 0.5) is 0 Å². The Hall–Kier alpha value is -4.12. The molecule has 0 aliphatic carbocycles. The Balaban J connectivity index is 1.52. The monoisotopic (exact) mass is 526 g/mol. The van der Waals surface area contributed by atoms with Crippen LogP contribution in [0.3, 0.4) is 0 Å². The molecule has 0 radical (unpaired) electrons. The van der Waals surface area contributed by atoms with Crippen molar-refractivity contribution in [1.82, 2.24) is 16.0 Å². The maximum atomic E-state index is 13.0. The lowest BCUT2D eigenvalue weighted by Gasteiger charge is -2.23. The molecule has 3 rings (SSSR count). The van der Waals surface area contributed by atoms with Gasteiger partial charge in [0.2, 0.25) is 11.8 Å². The molecule has 1 fully saturated rings. The van der Waals surface area contributed by atoms with Gasteiger partial charge in [-0.15, -0.1) is 0 Å². The first-order chi connectivity index (χ1) is 18.0. The smallest absolute Gasteiger partial charge is 0.253 e. The Bertz CT molecular complexity index is 1140. The van der Waals surface area contributed by atoms with Crippen LogP contribution >= 0.6 is 0 Å². The zero-order valence-corrected chi connectivity index (χ0v) is 21.3. The van der Waals surface area contributed by atoms with Gasteiger partial charge in [-0.2, -0.15) is 0 Å². The summed E-state index contributed by atoms with van der Waals surface area (Å²) in [7, 11) is 0. The number of hydrogen-bond acceptors (Lipinski definition) is 7. The van der Waals surface area contributed by atoms with E-state index >= 15 is 0 Å². The van der Waals surface area contributed by atoms with E-state index in [9.17, 15) is 29.4 Å². The van der Waals surface area contributed by atoms with Crippen LogP contribution in [0.15, 0.2) is 48.5 Å². The summed E-state index contributed by atoms with van der Waals surface area (Å²) in [5.74, 6) is -2.09. The van der Waals surface area contributed by atoms with Crippen molar-refractivity contribution in [2.75, 3.05) is 6.54 Å². The van der Waals surface area contributed by atoms with Crippen molar-refractivity contribution in [3.63, 3.8) is 0 Å². The number of nitrogens with one attached hydrogen (secondary N) is 3. The van der Waals surface area contributed by atoms with Crippen LogP contribution in [0.1, 0.15) is 31.4 Å². The molecule has 1 unspecified atom stereocenters. The van der Waals surface area contributed by atoms with E-state index in [1.807, 2.05) is 13.8 Å². The van der Waals surface area contributed by atoms with Gasteiger partial charge in [-0.1, -0.05) is 38.1 Å². The second-order valence-corrected chi connectivity index (χ2v) is 9.71. The first-order valence-corrected chi connectivity index (χ1v) is 12.4. The molecule has 1 aliphatic heterocycles. The number of primary amides is 1.